The number of carbonyl (C=O) groups is 3. The first-order valence-electron chi connectivity index (χ1n) is 11.1. The third kappa shape index (κ3) is 7.76. The number of hydrogen-bond donors (Lipinski definition) is 1. The zero-order chi connectivity index (χ0) is 24.8. The first kappa shape index (κ1) is 26.1. The van der Waals surface area contributed by atoms with Gasteiger partial charge >= 0.3 is 17.8 Å². The van der Waals surface area contributed by atoms with Crippen LogP contribution >= 0.6 is 0 Å². The summed E-state index contributed by atoms with van der Waals surface area (Å²) in [7, 11) is 0. The molecule has 1 N–H and O–H groups in total. The number of aromatic amines is 1. The van der Waals surface area contributed by atoms with Crippen molar-refractivity contribution in [2.75, 3.05) is 26.2 Å². The molecular weight excluding hydrogens is 432 g/mol. The van der Waals surface area contributed by atoms with Gasteiger partial charge in [0.2, 0.25) is 5.91 Å². The Kier molecular flexibility index (Phi) is 8.84. The summed E-state index contributed by atoms with van der Waals surface area (Å²) in [6.07, 6.45) is 2.94. The Labute approximate surface area is 192 Å². The van der Waals surface area contributed by atoms with Gasteiger partial charge in [0.1, 0.15) is 18.7 Å². The van der Waals surface area contributed by atoms with Crippen molar-refractivity contribution in [1.82, 2.24) is 19.4 Å². The van der Waals surface area contributed by atoms with Crippen molar-refractivity contribution in [3.05, 3.63) is 32.6 Å². The van der Waals surface area contributed by atoms with Crippen molar-refractivity contribution in [1.29, 1.82) is 0 Å². The molecule has 1 atom stereocenters. The lowest BCUT2D eigenvalue weighted by Gasteiger charge is -2.30. The number of nitrogens with zero attached hydrogens (tertiary/aromatic N) is 3. The van der Waals surface area contributed by atoms with E-state index < -0.39 is 34.8 Å². The van der Waals surface area contributed by atoms with E-state index in [2.05, 4.69) is 4.98 Å². The van der Waals surface area contributed by atoms with Gasteiger partial charge in [0, 0.05) is 30.9 Å². The Balaban J connectivity index is 2.12. The highest BCUT2D eigenvalue weighted by atomic mass is 16.6. The van der Waals surface area contributed by atoms with E-state index >= 15 is 0 Å². The van der Waals surface area contributed by atoms with Crippen molar-refractivity contribution < 1.29 is 23.9 Å². The van der Waals surface area contributed by atoms with E-state index in [1.807, 2.05) is 0 Å². The lowest BCUT2D eigenvalue weighted by atomic mass is 10.1. The minimum Gasteiger partial charge on any atom is -0.465 e. The molecule has 1 aromatic heterocycles. The van der Waals surface area contributed by atoms with Crippen molar-refractivity contribution in [3.63, 3.8) is 0 Å². The summed E-state index contributed by atoms with van der Waals surface area (Å²) in [6, 6.07) is -0.129. The number of aromatic nitrogens is 2. The second-order valence-electron chi connectivity index (χ2n) is 9.08. The van der Waals surface area contributed by atoms with E-state index in [0.29, 0.717) is 18.5 Å². The lowest BCUT2D eigenvalue weighted by Crippen LogP contribution is -2.45. The van der Waals surface area contributed by atoms with E-state index in [4.69, 9.17) is 9.47 Å². The molecule has 0 spiro atoms. The number of likely N-dealkylation sites (tertiary alicyclic amines) is 1. The molecule has 1 saturated heterocycles. The highest BCUT2D eigenvalue weighted by molar-refractivity contribution is 5.82. The first-order chi connectivity index (χ1) is 15.4. The standard InChI is InChI=1S/C22H34N4O7/c1-6-32-18(28)14-24(17(27)13-25-12-15(2)19(29)23-20(25)30)11-9-16-8-7-10-26(16)21(31)33-22(3,4)5/h12,16H,6-11,13-14H2,1-5H3,(H,23,29,30)/t16-/m1/s1. The molecule has 184 valence electrons. The Morgan fingerprint density at radius 3 is 2.58 bits per heavy atom. The number of ether oxygens (including phenoxy) is 2. The maximum absolute atomic E-state index is 13.0. The highest BCUT2D eigenvalue weighted by Gasteiger charge is 2.33. The average Bonchev–Trinajstić information content (AvgIpc) is 3.17. The summed E-state index contributed by atoms with van der Waals surface area (Å²) >= 11 is 0. The molecule has 11 heteroatoms. The monoisotopic (exact) mass is 466 g/mol. The molecule has 1 aliphatic rings. The molecule has 0 saturated carbocycles. The SMILES string of the molecule is CCOC(=O)CN(CC[C@H]1CCCN1C(=O)OC(C)(C)C)C(=O)Cn1cc(C)c(=O)[nH]c1=O. The van der Waals surface area contributed by atoms with Crippen LogP contribution in [0.4, 0.5) is 4.79 Å². The molecule has 11 nitrogen and oxygen atoms in total. The minimum absolute atomic E-state index is 0.129. The third-order valence-corrected chi connectivity index (χ3v) is 5.21. The Morgan fingerprint density at radius 1 is 1.24 bits per heavy atom. The fourth-order valence-electron chi connectivity index (χ4n) is 3.64. The smallest absolute Gasteiger partial charge is 0.410 e. The molecule has 0 radical (unpaired) electrons. The van der Waals surface area contributed by atoms with Gasteiger partial charge in [0.25, 0.3) is 5.56 Å². The molecule has 0 bridgehead atoms. The molecule has 2 rings (SSSR count). The molecule has 1 aromatic rings. The molecule has 2 heterocycles. The van der Waals surface area contributed by atoms with E-state index in [9.17, 15) is 24.0 Å². The number of amides is 2. The van der Waals surface area contributed by atoms with Gasteiger partial charge in [-0.15, -0.1) is 0 Å². The number of carbonyl (C=O) groups excluding carboxylic acids is 3. The normalized spacial score (nSPS) is 15.9. The van der Waals surface area contributed by atoms with Crippen LogP contribution < -0.4 is 11.2 Å². The van der Waals surface area contributed by atoms with Gasteiger partial charge in [0.05, 0.1) is 6.61 Å². The number of hydrogen-bond acceptors (Lipinski definition) is 7. The first-order valence-corrected chi connectivity index (χ1v) is 11.1. The van der Waals surface area contributed by atoms with Gasteiger partial charge in [-0.1, -0.05) is 0 Å². The van der Waals surface area contributed by atoms with Gasteiger partial charge in [-0.2, -0.15) is 0 Å². The average molecular weight is 467 g/mol. The van der Waals surface area contributed by atoms with Gasteiger partial charge in [-0.25, -0.2) is 9.59 Å². The molecular formula is C22H34N4O7. The molecule has 2 amide bonds. The second kappa shape index (κ2) is 11.2. The summed E-state index contributed by atoms with van der Waals surface area (Å²) < 4.78 is 11.6. The largest absolute Gasteiger partial charge is 0.465 e. The Morgan fingerprint density at radius 2 is 1.94 bits per heavy atom. The number of esters is 1. The maximum atomic E-state index is 13.0. The van der Waals surface area contributed by atoms with Crippen LogP contribution in [0.15, 0.2) is 15.8 Å². The van der Waals surface area contributed by atoms with E-state index in [0.717, 1.165) is 17.4 Å². The van der Waals surface area contributed by atoms with Crippen LogP contribution in [0, 0.1) is 6.92 Å². The van der Waals surface area contributed by atoms with Crippen LogP contribution in [0.3, 0.4) is 0 Å². The van der Waals surface area contributed by atoms with Gasteiger partial charge in [-0.3, -0.25) is 23.9 Å². The van der Waals surface area contributed by atoms with Gasteiger partial charge in [0.15, 0.2) is 0 Å². The van der Waals surface area contributed by atoms with Crippen LogP contribution in [0.5, 0.6) is 0 Å². The molecule has 1 aliphatic heterocycles. The summed E-state index contributed by atoms with van der Waals surface area (Å²) in [5.74, 6) is -1.04. The van der Waals surface area contributed by atoms with Gasteiger partial charge < -0.3 is 19.3 Å². The molecule has 0 aliphatic carbocycles. The zero-order valence-electron chi connectivity index (χ0n) is 20.0. The van der Waals surface area contributed by atoms with Gasteiger partial charge in [-0.05, 0) is 53.9 Å². The summed E-state index contributed by atoms with van der Waals surface area (Å²) in [5, 5.41) is 0. The summed E-state index contributed by atoms with van der Waals surface area (Å²) in [5.41, 5.74) is -1.55. The molecule has 1 fully saturated rings. The Bertz CT molecular complexity index is 976. The van der Waals surface area contributed by atoms with E-state index in [1.165, 1.54) is 18.0 Å². The predicted molar refractivity (Wildman–Crippen MR) is 120 cm³/mol. The number of rotatable bonds is 8. The Hall–Kier alpha value is -3.11. The van der Waals surface area contributed by atoms with Crippen LogP contribution in [0.25, 0.3) is 0 Å². The number of nitrogens with one attached hydrogen (secondary N) is 1. The van der Waals surface area contributed by atoms with Crippen LogP contribution in [0.2, 0.25) is 0 Å². The maximum Gasteiger partial charge on any atom is 0.410 e. The van der Waals surface area contributed by atoms with Crippen molar-refractivity contribution in [3.8, 4) is 0 Å². The van der Waals surface area contributed by atoms with Crippen molar-refractivity contribution in [2.24, 2.45) is 0 Å². The highest BCUT2D eigenvalue weighted by Crippen LogP contribution is 2.23. The van der Waals surface area contributed by atoms with E-state index in [-0.39, 0.29) is 32.3 Å². The topological polar surface area (TPSA) is 131 Å². The lowest BCUT2D eigenvalue weighted by molar-refractivity contribution is -0.149. The van der Waals surface area contributed by atoms with Crippen LogP contribution in [0.1, 0.15) is 52.5 Å². The van der Waals surface area contributed by atoms with E-state index in [1.54, 1.807) is 32.6 Å². The van der Waals surface area contributed by atoms with Crippen LogP contribution in [-0.4, -0.2) is 75.2 Å². The zero-order valence-corrected chi connectivity index (χ0v) is 20.0. The quantitative estimate of drug-likeness (QED) is 0.566. The summed E-state index contributed by atoms with van der Waals surface area (Å²) in [6.45, 7) is 8.93. The fraction of sp³-hybridized carbons (Fsp3) is 0.682. The minimum atomic E-state index is -0.707. The van der Waals surface area contributed by atoms with Crippen molar-refractivity contribution >= 4 is 18.0 Å². The molecule has 33 heavy (non-hydrogen) atoms. The van der Waals surface area contributed by atoms with Crippen LogP contribution in [-0.2, 0) is 25.6 Å². The number of H-pyrrole nitrogens is 1. The summed E-state index contributed by atoms with van der Waals surface area (Å²) in [4.78, 5) is 66.4. The second-order valence-corrected chi connectivity index (χ2v) is 9.08. The molecule has 0 unspecified atom stereocenters. The molecule has 0 aromatic carbocycles. The third-order valence-electron chi connectivity index (χ3n) is 5.21. The number of aryl methyl sites for hydroxylation is 1. The fourth-order valence-corrected chi connectivity index (χ4v) is 3.64. The predicted octanol–water partition coefficient (Wildman–Crippen LogP) is 1.03. The van der Waals surface area contributed by atoms with Crippen molar-refractivity contribution in [2.45, 2.75) is 72.1 Å².